The first-order chi connectivity index (χ1) is 5.52. The average Bonchev–Trinajstić information content (AvgIpc) is 1.96. The van der Waals surface area contributed by atoms with Gasteiger partial charge in [-0.15, -0.1) is 0 Å². The van der Waals surface area contributed by atoms with E-state index in [9.17, 15) is 8.78 Å². The highest BCUT2D eigenvalue weighted by molar-refractivity contribution is 6.30. The van der Waals surface area contributed by atoms with Crippen molar-refractivity contribution in [1.82, 2.24) is 4.98 Å². The van der Waals surface area contributed by atoms with E-state index >= 15 is 0 Å². The smallest absolute Gasteiger partial charge is 0.266 e. The van der Waals surface area contributed by atoms with Gasteiger partial charge in [0.2, 0.25) is 0 Å². The summed E-state index contributed by atoms with van der Waals surface area (Å²) in [6, 6.07) is 1.25. The van der Waals surface area contributed by atoms with Crippen LogP contribution in [-0.2, 0) is 0 Å². The quantitative estimate of drug-likeness (QED) is 0.695. The summed E-state index contributed by atoms with van der Waals surface area (Å²) in [5.41, 5.74) is 5.58. The molecular weight excluding hydrogens is 186 g/mol. The first-order valence-corrected chi connectivity index (χ1v) is 3.61. The zero-order valence-electron chi connectivity index (χ0n) is 6.31. The second kappa shape index (κ2) is 3.23. The minimum atomic E-state index is -2.61. The van der Waals surface area contributed by atoms with Crippen molar-refractivity contribution in [3.8, 4) is 0 Å². The number of nitrogen functional groups attached to an aromatic ring is 1. The minimum Gasteiger partial charge on any atom is -0.383 e. The standard InChI is InChI=1S/C7H7ClF2N2/c1-3-2-4(6(9)10)5(8)12-7(3)11/h2,6H,1H3,(H2,11,12). The van der Waals surface area contributed by atoms with Gasteiger partial charge in [-0.1, -0.05) is 11.6 Å². The van der Waals surface area contributed by atoms with Crippen molar-refractivity contribution in [2.45, 2.75) is 13.3 Å². The molecule has 0 aromatic carbocycles. The number of hydrogen-bond acceptors (Lipinski definition) is 2. The molecule has 5 heteroatoms. The SMILES string of the molecule is Cc1cc(C(F)F)c(Cl)nc1N. The second-order valence-corrected chi connectivity index (χ2v) is 2.73. The zero-order chi connectivity index (χ0) is 9.30. The fourth-order valence-electron chi connectivity index (χ4n) is 0.778. The van der Waals surface area contributed by atoms with Crippen molar-refractivity contribution in [3.63, 3.8) is 0 Å². The number of halogens is 3. The number of hydrogen-bond donors (Lipinski definition) is 1. The Labute approximate surface area is 73.4 Å². The van der Waals surface area contributed by atoms with Crippen LogP contribution in [0.2, 0.25) is 5.15 Å². The van der Waals surface area contributed by atoms with Crippen LogP contribution in [0.4, 0.5) is 14.6 Å². The van der Waals surface area contributed by atoms with Gasteiger partial charge < -0.3 is 5.73 Å². The number of aromatic nitrogens is 1. The molecule has 0 spiro atoms. The van der Waals surface area contributed by atoms with Gasteiger partial charge in [0.25, 0.3) is 6.43 Å². The van der Waals surface area contributed by atoms with Crippen molar-refractivity contribution >= 4 is 17.4 Å². The lowest BCUT2D eigenvalue weighted by molar-refractivity contribution is 0.151. The van der Waals surface area contributed by atoms with Crippen molar-refractivity contribution < 1.29 is 8.78 Å². The van der Waals surface area contributed by atoms with E-state index in [1.165, 1.54) is 6.07 Å². The maximum atomic E-state index is 12.2. The van der Waals surface area contributed by atoms with Gasteiger partial charge in [0.05, 0.1) is 5.56 Å². The molecule has 2 N–H and O–H groups in total. The molecule has 0 aliphatic carbocycles. The monoisotopic (exact) mass is 192 g/mol. The molecule has 2 nitrogen and oxygen atoms in total. The van der Waals surface area contributed by atoms with E-state index in [1.807, 2.05) is 0 Å². The number of aryl methyl sites for hydroxylation is 1. The number of alkyl halides is 2. The maximum Gasteiger partial charge on any atom is 0.266 e. The van der Waals surface area contributed by atoms with E-state index in [-0.39, 0.29) is 16.5 Å². The van der Waals surface area contributed by atoms with Gasteiger partial charge in [-0.3, -0.25) is 0 Å². The predicted molar refractivity (Wildman–Crippen MR) is 43.4 cm³/mol. The van der Waals surface area contributed by atoms with Gasteiger partial charge >= 0.3 is 0 Å². The largest absolute Gasteiger partial charge is 0.383 e. The lowest BCUT2D eigenvalue weighted by Crippen LogP contribution is -1.98. The predicted octanol–water partition coefficient (Wildman–Crippen LogP) is 2.56. The molecule has 1 heterocycles. The minimum absolute atomic E-state index is 0.185. The summed E-state index contributed by atoms with van der Waals surface area (Å²) in [7, 11) is 0. The summed E-state index contributed by atoms with van der Waals surface area (Å²) >= 11 is 5.43. The summed E-state index contributed by atoms with van der Waals surface area (Å²) < 4.78 is 24.3. The summed E-state index contributed by atoms with van der Waals surface area (Å²) in [5.74, 6) is 0.185. The van der Waals surface area contributed by atoms with Crippen LogP contribution in [0, 0.1) is 6.92 Å². The summed E-state index contributed by atoms with van der Waals surface area (Å²) in [5, 5.41) is -0.229. The molecule has 0 atom stereocenters. The van der Waals surface area contributed by atoms with Crippen LogP contribution < -0.4 is 5.73 Å². The number of pyridine rings is 1. The molecular formula is C7H7ClF2N2. The fourth-order valence-corrected chi connectivity index (χ4v) is 1.01. The lowest BCUT2D eigenvalue weighted by atomic mass is 10.2. The third kappa shape index (κ3) is 1.64. The van der Waals surface area contributed by atoms with Gasteiger partial charge in [0.15, 0.2) is 0 Å². The highest BCUT2D eigenvalue weighted by atomic mass is 35.5. The van der Waals surface area contributed by atoms with Crippen LogP contribution in [0.1, 0.15) is 17.6 Å². The Bertz CT molecular complexity index is 302. The zero-order valence-corrected chi connectivity index (χ0v) is 7.07. The summed E-state index contributed by atoms with van der Waals surface area (Å²) in [6.07, 6.45) is -2.61. The third-order valence-corrected chi connectivity index (χ3v) is 1.77. The molecule has 0 fully saturated rings. The molecule has 66 valence electrons. The van der Waals surface area contributed by atoms with Crippen LogP contribution in [0.25, 0.3) is 0 Å². The topological polar surface area (TPSA) is 38.9 Å². The van der Waals surface area contributed by atoms with E-state index < -0.39 is 6.43 Å². The number of rotatable bonds is 1. The van der Waals surface area contributed by atoms with E-state index in [0.29, 0.717) is 5.56 Å². The summed E-state index contributed by atoms with van der Waals surface area (Å²) in [4.78, 5) is 3.56. The lowest BCUT2D eigenvalue weighted by Gasteiger charge is -2.05. The highest BCUT2D eigenvalue weighted by Gasteiger charge is 2.14. The number of nitrogens with zero attached hydrogens (tertiary/aromatic N) is 1. The Hall–Kier alpha value is -0.900. The first kappa shape index (κ1) is 9.19. The van der Waals surface area contributed by atoms with Crippen LogP contribution in [0.5, 0.6) is 0 Å². The fraction of sp³-hybridized carbons (Fsp3) is 0.286. The molecule has 0 bridgehead atoms. The van der Waals surface area contributed by atoms with Gasteiger partial charge in [-0.05, 0) is 18.6 Å². The van der Waals surface area contributed by atoms with E-state index in [4.69, 9.17) is 17.3 Å². The molecule has 12 heavy (non-hydrogen) atoms. The Balaban J connectivity index is 3.23. The first-order valence-electron chi connectivity index (χ1n) is 3.23. The Morgan fingerprint density at radius 3 is 2.67 bits per heavy atom. The Morgan fingerprint density at radius 2 is 2.17 bits per heavy atom. The second-order valence-electron chi connectivity index (χ2n) is 2.37. The highest BCUT2D eigenvalue weighted by Crippen LogP contribution is 2.27. The Kier molecular flexibility index (Phi) is 2.47. The number of anilines is 1. The van der Waals surface area contributed by atoms with Crippen LogP contribution in [0.3, 0.4) is 0 Å². The average molecular weight is 193 g/mol. The molecule has 0 radical (unpaired) electrons. The number of nitrogens with two attached hydrogens (primary N) is 1. The van der Waals surface area contributed by atoms with Crippen LogP contribution in [0.15, 0.2) is 6.07 Å². The molecule has 1 aromatic rings. The molecule has 0 aliphatic heterocycles. The summed E-state index contributed by atoms with van der Waals surface area (Å²) in [6.45, 7) is 1.60. The maximum absolute atomic E-state index is 12.2. The van der Waals surface area contributed by atoms with Crippen molar-refractivity contribution in [1.29, 1.82) is 0 Å². The molecule has 0 unspecified atom stereocenters. The van der Waals surface area contributed by atoms with E-state index in [1.54, 1.807) is 6.92 Å². The van der Waals surface area contributed by atoms with E-state index in [0.717, 1.165) is 0 Å². The van der Waals surface area contributed by atoms with Crippen molar-refractivity contribution in [2.75, 3.05) is 5.73 Å². The molecule has 0 saturated carbocycles. The molecule has 0 saturated heterocycles. The van der Waals surface area contributed by atoms with Crippen LogP contribution in [-0.4, -0.2) is 4.98 Å². The Morgan fingerprint density at radius 1 is 1.58 bits per heavy atom. The normalized spacial score (nSPS) is 10.8. The third-order valence-electron chi connectivity index (χ3n) is 1.47. The van der Waals surface area contributed by atoms with E-state index in [2.05, 4.69) is 4.98 Å². The molecule has 1 aromatic heterocycles. The molecule has 1 rings (SSSR count). The van der Waals surface area contributed by atoms with Crippen LogP contribution >= 0.6 is 11.6 Å². The molecule has 0 aliphatic rings. The van der Waals surface area contributed by atoms with Crippen molar-refractivity contribution in [3.05, 3.63) is 22.3 Å². The van der Waals surface area contributed by atoms with Gasteiger partial charge in [-0.25, -0.2) is 13.8 Å². The molecule has 0 amide bonds. The van der Waals surface area contributed by atoms with Gasteiger partial charge in [0.1, 0.15) is 11.0 Å². The van der Waals surface area contributed by atoms with Crippen molar-refractivity contribution in [2.24, 2.45) is 0 Å². The van der Waals surface area contributed by atoms with Gasteiger partial charge in [0, 0.05) is 0 Å². The van der Waals surface area contributed by atoms with Gasteiger partial charge in [-0.2, -0.15) is 0 Å².